The van der Waals surface area contributed by atoms with Crippen LogP contribution in [0.25, 0.3) is 0 Å². The Morgan fingerprint density at radius 2 is 2.20 bits per heavy atom. The van der Waals surface area contributed by atoms with E-state index in [0.29, 0.717) is 0 Å². The Balaban J connectivity index is 2.20. The molecule has 0 saturated carbocycles. The van der Waals surface area contributed by atoms with Crippen LogP contribution < -0.4 is 10.2 Å². The number of ether oxygens (including phenoxy) is 1. The molecule has 20 heavy (non-hydrogen) atoms. The molecule has 0 bridgehead atoms. The summed E-state index contributed by atoms with van der Waals surface area (Å²) in [5, 5.41) is 12.6. The minimum absolute atomic E-state index is 0.0662. The molecule has 1 atom stereocenters. The van der Waals surface area contributed by atoms with Gasteiger partial charge in [-0.1, -0.05) is 6.07 Å². The summed E-state index contributed by atoms with van der Waals surface area (Å²) in [6.45, 7) is 8.83. The summed E-state index contributed by atoms with van der Waals surface area (Å²) in [5.41, 5.74) is 3.59. The van der Waals surface area contributed by atoms with Crippen molar-refractivity contribution in [3.63, 3.8) is 0 Å². The molecule has 0 spiro atoms. The van der Waals surface area contributed by atoms with E-state index >= 15 is 0 Å². The van der Waals surface area contributed by atoms with Crippen LogP contribution in [0.15, 0.2) is 18.2 Å². The second-order valence-corrected chi connectivity index (χ2v) is 6.20. The fourth-order valence-electron chi connectivity index (χ4n) is 2.85. The number of hydrogen-bond acceptors (Lipinski definition) is 4. The maximum absolute atomic E-state index is 9.40. The Kier molecular flexibility index (Phi) is 4.68. The van der Waals surface area contributed by atoms with Crippen LogP contribution in [0.3, 0.4) is 0 Å². The molecule has 1 saturated heterocycles. The second-order valence-electron chi connectivity index (χ2n) is 6.20. The van der Waals surface area contributed by atoms with Crippen LogP contribution >= 0.6 is 0 Å². The third-order valence-corrected chi connectivity index (χ3v) is 3.74. The zero-order valence-electron chi connectivity index (χ0n) is 12.9. The van der Waals surface area contributed by atoms with E-state index < -0.39 is 0 Å². The van der Waals surface area contributed by atoms with Gasteiger partial charge in [-0.15, -0.1) is 0 Å². The van der Waals surface area contributed by atoms with E-state index in [1.165, 1.54) is 16.8 Å². The number of hydrogen-bond donors (Lipinski definition) is 2. The van der Waals surface area contributed by atoms with Crippen molar-refractivity contribution < 1.29 is 9.84 Å². The van der Waals surface area contributed by atoms with Crippen molar-refractivity contribution in [1.29, 1.82) is 0 Å². The Hall–Kier alpha value is -1.10. The Morgan fingerprint density at radius 1 is 1.45 bits per heavy atom. The minimum Gasteiger partial charge on any atom is -0.394 e. The van der Waals surface area contributed by atoms with Crippen LogP contribution in [0.4, 0.5) is 5.69 Å². The normalized spacial score (nSPS) is 22.1. The molecule has 1 fully saturated rings. The Morgan fingerprint density at radius 3 is 2.80 bits per heavy atom. The highest BCUT2D eigenvalue weighted by Crippen LogP contribution is 2.27. The number of benzene rings is 1. The van der Waals surface area contributed by atoms with Crippen LogP contribution in [0.2, 0.25) is 0 Å². The molecule has 2 rings (SSSR count). The number of rotatable bonds is 4. The molecule has 112 valence electrons. The predicted octanol–water partition coefficient (Wildman–Crippen LogP) is 1.69. The van der Waals surface area contributed by atoms with Crippen molar-refractivity contribution in [2.75, 3.05) is 31.6 Å². The van der Waals surface area contributed by atoms with Crippen molar-refractivity contribution in [2.24, 2.45) is 0 Å². The van der Waals surface area contributed by atoms with Gasteiger partial charge in [-0.25, -0.2) is 0 Å². The molecular formula is C16H26N2O2. The molecule has 0 radical (unpaired) electrons. The summed E-state index contributed by atoms with van der Waals surface area (Å²) in [6.07, 6.45) is -0.115. The van der Waals surface area contributed by atoms with Gasteiger partial charge in [-0.05, 0) is 51.1 Å². The second kappa shape index (κ2) is 6.12. The molecule has 1 aromatic carbocycles. The van der Waals surface area contributed by atoms with Gasteiger partial charge in [0, 0.05) is 25.3 Å². The summed E-state index contributed by atoms with van der Waals surface area (Å²) >= 11 is 0. The van der Waals surface area contributed by atoms with Crippen LogP contribution in [-0.2, 0) is 11.3 Å². The monoisotopic (exact) mass is 278 g/mol. The maximum atomic E-state index is 9.40. The molecule has 4 heteroatoms. The SMILES string of the molecule is CNCc1ccc(N2CC(CO)OC(C)(C)C2)cc1C. The molecule has 1 heterocycles. The molecule has 2 N–H and O–H groups in total. The van der Waals surface area contributed by atoms with E-state index in [1.807, 2.05) is 7.05 Å². The fourth-order valence-corrected chi connectivity index (χ4v) is 2.85. The van der Waals surface area contributed by atoms with Gasteiger partial charge in [-0.2, -0.15) is 0 Å². The topological polar surface area (TPSA) is 44.7 Å². The van der Waals surface area contributed by atoms with Crippen LogP contribution in [0, 0.1) is 6.92 Å². The van der Waals surface area contributed by atoms with Crippen molar-refractivity contribution in [3.05, 3.63) is 29.3 Å². The van der Waals surface area contributed by atoms with Gasteiger partial charge in [0.2, 0.25) is 0 Å². The van der Waals surface area contributed by atoms with Gasteiger partial charge >= 0.3 is 0 Å². The minimum atomic E-state index is -0.233. The molecule has 0 aliphatic carbocycles. The first-order chi connectivity index (χ1) is 9.45. The van der Waals surface area contributed by atoms with E-state index in [0.717, 1.165) is 19.6 Å². The highest BCUT2D eigenvalue weighted by Gasteiger charge is 2.33. The largest absolute Gasteiger partial charge is 0.394 e. The first kappa shape index (κ1) is 15.3. The quantitative estimate of drug-likeness (QED) is 0.880. The summed E-state index contributed by atoms with van der Waals surface area (Å²) in [7, 11) is 1.96. The lowest BCUT2D eigenvalue weighted by Gasteiger charge is -2.43. The summed E-state index contributed by atoms with van der Waals surface area (Å²) in [4.78, 5) is 2.31. The van der Waals surface area contributed by atoms with Gasteiger partial charge in [0.25, 0.3) is 0 Å². The molecule has 1 aromatic rings. The highest BCUT2D eigenvalue weighted by atomic mass is 16.5. The van der Waals surface area contributed by atoms with E-state index in [-0.39, 0.29) is 18.3 Å². The number of morpholine rings is 1. The van der Waals surface area contributed by atoms with Crippen molar-refractivity contribution in [2.45, 2.75) is 39.0 Å². The number of aryl methyl sites for hydroxylation is 1. The summed E-state index contributed by atoms with van der Waals surface area (Å²) in [6, 6.07) is 6.57. The molecule has 4 nitrogen and oxygen atoms in total. The molecular weight excluding hydrogens is 252 g/mol. The standard InChI is InChI=1S/C16H26N2O2/c1-12-7-14(6-5-13(12)8-17-4)18-9-15(10-19)20-16(2,3)11-18/h5-7,15,17,19H,8-11H2,1-4H3. The summed E-state index contributed by atoms with van der Waals surface area (Å²) in [5.74, 6) is 0. The third-order valence-electron chi connectivity index (χ3n) is 3.74. The molecule has 0 aromatic heterocycles. The van der Waals surface area contributed by atoms with Gasteiger partial charge in [0.1, 0.15) is 0 Å². The van der Waals surface area contributed by atoms with Gasteiger partial charge in [-0.3, -0.25) is 0 Å². The zero-order valence-corrected chi connectivity index (χ0v) is 12.9. The lowest BCUT2D eigenvalue weighted by molar-refractivity contribution is -0.101. The van der Waals surface area contributed by atoms with Crippen LogP contribution in [0.5, 0.6) is 0 Å². The van der Waals surface area contributed by atoms with Gasteiger partial charge in [0.05, 0.1) is 18.3 Å². The predicted molar refractivity (Wildman–Crippen MR) is 82.2 cm³/mol. The maximum Gasteiger partial charge on any atom is 0.0988 e. The average Bonchev–Trinajstić information content (AvgIpc) is 2.39. The highest BCUT2D eigenvalue weighted by molar-refractivity contribution is 5.51. The number of aliphatic hydroxyl groups is 1. The van der Waals surface area contributed by atoms with E-state index in [2.05, 4.69) is 49.2 Å². The van der Waals surface area contributed by atoms with Crippen molar-refractivity contribution >= 4 is 5.69 Å². The molecule has 1 aliphatic heterocycles. The van der Waals surface area contributed by atoms with E-state index in [9.17, 15) is 5.11 Å². The lowest BCUT2D eigenvalue weighted by atomic mass is 10.0. The zero-order chi connectivity index (χ0) is 14.8. The van der Waals surface area contributed by atoms with Crippen LogP contribution in [0.1, 0.15) is 25.0 Å². The number of nitrogens with zero attached hydrogens (tertiary/aromatic N) is 1. The molecule has 1 unspecified atom stereocenters. The molecule has 1 aliphatic rings. The summed E-state index contributed by atoms with van der Waals surface area (Å²) < 4.78 is 5.87. The van der Waals surface area contributed by atoms with Gasteiger partial charge in [0.15, 0.2) is 0 Å². The average molecular weight is 278 g/mol. The first-order valence-electron chi connectivity index (χ1n) is 7.23. The van der Waals surface area contributed by atoms with E-state index in [1.54, 1.807) is 0 Å². The number of nitrogens with one attached hydrogen (secondary N) is 1. The Labute approximate surface area is 121 Å². The Bertz CT molecular complexity index is 460. The third kappa shape index (κ3) is 3.51. The van der Waals surface area contributed by atoms with Crippen LogP contribution in [-0.4, -0.2) is 43.6 Å². The number of aliphatic hydroxyl groups excluding tert-OH is 1. The first-order valence-corrected chi connectivity index (χ1v) is 7.23. The van der Waals surface area contributed by atoms with Crippen molar-refractivity contribution in [1.82, 2.24) is 5.32 Å². The smallest absolute Gasteiger partial charge is 0.0988 e. The van der Waals surface area contributed by atoms with Crippen molar-refractivity contribution in [3.8, 4) is 0 Å². The fraction of sp³-hybridized carbons (Fsp3) is 0.625. The molecule has 0 amide bonds. The number of anilines is 1. The van der Waals surface area contributed by atoms with E-state index in [4.69, 9.17) is 4.74 Å². The van der Waals surface area contributed by atoms with Gasteiger partial charge < -0.3 is 20.1 Å². The lowest BCUT2D eigenvalue weighted by Crippen LogP contribution is -2.54.